The van der Waals surface area contributed by atoms with Gasteiger partial charge in [-0.15, -0.1) is 0 Å². The Kier molecular flexibility index (Phi) is 5.37. The lowest BCUT2D eigenvalue weighted by atomic mass is 9.89. The standard InChI is InChI=1S/C23H34N6O/c1-16-12-17(2)14-28(13-16)23(30)18-7-10-27(11-8-18)21-20-22(25-15-24-21)29-9-5-3-4-6-19(29)26-20/h15-18H,3-14H2,1-2H3. The van der Waals surface area contributed by atoms with Crippen molar-refractivity contribution in [3.63, 3.8) is 0 Å². The molecule has 3 aliphatic heterocycles. The van der Waals surface area contributed by atoms with Crippen LogP contribution in [0.25, 0.3) is 11.2 Å². The van der Waals surface area contributed by atoms with Crippen LogP contribution in [0.2, 0.25) is 0 Å². The van der Waals surface area contributed by atoms with Gasteiger partial charge in [-0.25, -0.2) is 15.0 Å². The van der Waals surface area contributed by atoms with Crippen molar-refractivity contribution in [1.82, 2.24) is 24.4 Å². The minimum absolute atomic E-state index is 0.148. The molecule has 162 valence electrons. The summed E-state index contributed by atoms with van der Waals surface area (Å²) in [5.41, 5.74) is 1.92. The minimum Gasteiger partial charge on any atom is -0.355 e. The topological polar surface area (TPSA) is 67.2 Å². The predicted octanol–water partition coefficient (Wildman–Crippen LogP) is 3.27. The fourth-order valence-corrected chi connectivity index (χ4v) is 5.80. The molecule has 0 radical (unpaired) electrons. The number of imidazole rings is 1. The number of rotatable bonds is 2. The first-order valence-electron chi connectivity index (χ1n) is 11.8. The van der Waals surface area contributed by atoms with Crippen molar-refractivity contribution in [2.24, 2.45) is 17.8 Å². The second kappa shape index (κ2) is 8.16. The third-order valence-electron chi connectivity index (χ3n) is 7.20. The molecule has 0 N–H and O–H groups in total. The van der Waals surface area contributed by atoms with Gasteiger partial charge in [-0.1, -0.05) is 20.3 Å². The Morgan fingerprint density at radius 2 is 1.77 bits per heavy atom. The summed E-state index contributed by atoms with van der Waals surface area (Å²) < 4.78 is 2.29. The molecule has 2 aromatic heterocycles. The van der Waals surface area contributed by atoms with Crippen LogP contribution in [0, 0.1) is 17.8 Å². The maximum atomic E-state index is 13.1. The first kappa shape index (κ1) is 19.8. The summed E-state index contributed by atoms with van der Waals surface area (Å²) in [6, 6.07) is 0. The van der Waals surface area contributed by atoms with Crippen molar-refractivity contribution in [1.29, 1.82) is 0 Å². The lowest BCUT2D eigenvalue weighted by molar-refractivity contribution is -0.138. The lowest BCUT2D eigenvalue weighted by Gasteiger charge is -2.39. The molecule has 1 amide bonds. The second-order valence-electron chi connectivity index (χ2n) is 9.81. The van der Waals surface area contributed by atoms with Gasteiger partial charge in [0, 0.05) is 45.1 Å². The van der Waals surface area contributed by atoms with E-state index in [0.717, 1.165) is 74.8 Å². The Hall–Kier alpha value is -2.18. The summed E-state index contributed by atoms with van der Waals surface area (Å²) in [6.07, 6.45) is 9.41. The van der Waals surface area contributed by atoms with E-state index in [-0.39, 0.29) is 5.92 Å². The molecule has 0 aromatic carbocycles. The number of amides is 1. The number of carbonyl (C=O) groups is 1. The normalized spacial score (nSPS) is 25.9. The Bertz CT molecular complexity index is 906. The van der Waals surface area contributed by atoms with Gasteiger partial charge < -0.3 is 14.4 Å². The molecule has 30 heavy (non-hydrogen) atoms. The Labute approximate surface area is 178 Å². The highest BCUT2D eigenvalue weighted by Gasteiger charge is 2.33. The van der Waals surface area contributed by atoms with Crippen LogP contribution < -0.4 is 4.90 Å². The monoisotopic (exact) mass is 410 g/mol. The van der Waals surface area contributed by atoms with E-state index < -0.39 is 0 Å². The lowest BCUT2D eigenvalue weighted by Crippen LogP contribution is -2.48. The van der Waals surface area contributed by atoms with Gasteiger partial charge in [-0.3, -0.25) is 4.79 Å². The van der Waals surface area contributed by atoms with Crippen LogP contribution in [0.5, 0.6) is 0 Å². The van der Waals surface area contributed by atoms with Crippen LogP contribution in [0.1, 0.15) is 58.2 Å². The van der Waals surface area contributed by atoms with E-state index in [9.17, 15) is 4.79 Å². The van der Waals surface area contributed by atoms with E-state index in [2.05, 4.69) is 38.2 Å². The molecule has 5 rings (SSSR count). The van der Waals surface area contributed by atoms with Gasteiger partial charge >= 0.3 is 0 Å². The third-order valence-corrected chi connectivity index (χ3v) is 7.20. The average molecular weight is 411 g/mol. The number of hydrogen-bond donors (Lipinski definition) is 0. The molecule has 0 spiro atoms. The summed E-state index contributed by atoms with van der Waals surface area (Å²) in [4.78, 5) is 31.7. The van der Waals surface area contributed by atoms with E-state index in [0.29, 0.717) is 17.7 Å². The molecule has 2 atom stereocenters. The smallest absolute Gasteiger partial charge is 0.225 e. The minimum atomic E-state index is 0.148. The maximum absolute atomic E-state index is 13.1. The zero-order valence-corrected chi connectivity index (χ0v) is 18.4. The molecule has 2 fully saturated rings. The van der Waals surface area contributed by atoms with Gasteiger partial charge in [0.15, 0.2) is 17.0 Å². The zero-order chi connectivity index (χ0) is 20.7. The first-order valence-corrected chi connectivity index (χ1v) is 11.8. The highest BCUT2D eigenvalue weighted by molar-refractivity contribution is 5.84. The number of nitrogens with zero attached hydrogens (tertiary/aromatic N) is 6. The summed E-state index contributed by atoms with van der Waals surface area (Å²) in [7, 11) is 0. The Morgan fingerprint density at radius 1 is 1.00 bits per heavy atom. The van der Waals surface area contributed by atoms with E-state index in [1.807, 2.05) is 0 Å². The van der Waals surface area contributed by atoms with E-state index in [1.165, 1.54) is 25.7 Å². The third kappa shape index (κ3) is 3.67. The molecular formula is C23H34N6O. The van der Waals surface area contributed by atoms with Crippen LogP contribution >= 0.6 is 0 Å². The SMILES string of the molecule is CC1CC(C)CN(C(=O)C2CCN(c3ncnc4c3nc3n4CCCCC3)CC2)C1. The van der Waals surface area contributed by atoms with Crippen molar-refractivity contribution in [3.05, 3.63) is 12.2 Å². The van der Waals surface area contributed by atoms with Crippen LogP contribution in [0.4, 0.5) is 5.82 Å². The van der Waals surface area contributed by atoms with Crippen molar-refractivity contribution in [2.45, 2.75) is 65.3 Å². The van der Waals surface area contributed by atoms with Crippen molar-refractivity contribution >= 4 is 22.9 Å². The molecule has 2 aromatic rings. The highest BCUT2D eigenvalue weighted by Crippen LogP contribution is 2.31. The van der Waals surface area contributed by atoms with Crippen LogP contribution in [0.3, 0.4) is 0 Å². The van der Waals surface area contributed by atoms with Gasteiger partial charge in [0.05, 0.1) is 0 Å². The summed E-state index contributed by atoms with van der Waals surface area (Å²) >= 11 is 0. The van der Waals surface area contributed by atoms with Crippen LogP contribution in [-0.2, 0) is 17.8 Å². The molecule has 2 saturated heterocycles. The fraction of sp³-hybridized carbons (Fsp3) is 0.739. The number of carbonyl (C=O) groups excluding carboxylic acids is 1. The number of fused-ring (bicyclic) bond motifs is 3. The predicted molar refractivity (Wildman–Crippen MR) is 117 cm³/mol. The average Bonchev–Trinajstić information content (AvgIpc) is 2.94. The van der Waals surface area contributed by atoms with Gasteiger partial charge in [0.25, 0.3) is 0 Å². The largest absolute Gasteiger partial charge is 0.355 e. The van der Waals surface area contributed by atoms with E-state index in [1.54, 1.807) is 6.33 Å². The molecule has 2 unspecified atom stereocenters. The molecule has 5 heterocycles. The van der Waals surface area contributed by atoms with Gasteiger partial charge in [-0.2, -0.15) is 0 Å². The molecule has 0 bridgehead atoms. The van der Waals surface area contributed by atoms with Crippen LogP contribution in [-0.4, -0.2) is 56.5 Å². The Balaban J connectivity index is 1.30. The highest BCUT2D eigenvalue weighted by atomic mass is 16.2. The molecule has 7 nitrogen and oxygen atoms in total. The maximum Gasteiger partial charge on any atom is 0.225 e. The fourth-order valence-electron chi connectivity index (χ4n) is 5.80. The van der Waals surface area contributed by atoms with Crippen molar-refractivity contribution in [2.75, 3.05) is 31.1 Å². The number of piperidine rings is 2. The molecule has 7 heteroatoms. The number of anilines is 1. The van der Waals surface area contributed by atoms with Gasteiger partial charge in [0.1, 0.15) is 12.2 Å². The number of hydrogen-bond acceptors (Lipinski definition) is 5. The second-order valence-corrected chi connectivity index (χ2v) is 9.81. The molecule has 0 aliphatic carbocycles. The Morgan fingerprint density at radius 3 is 2.53 bits per heavy atom. The quantitative estimate of drug-likeness (QED) is 0.760. The van der Waals surface area contributed by atoms with E-state index in [4.69, 9.17) is 4.98 Å². The van der Waals surface area contributed by atoms with Crippen molar-refractivity contribution < 1.29 is 4.79 Å². The molecule has 3 aliphatic rings. The number of likely N-dealkylation sites (tertiary alicyclic amines) is 1. The van der Waals surface area contributed by atoms with E-state index >= 15 is 0 Å². The van der Waals surface area contributed by atoms with Crippen molar-refractivity contribution in [3.8, 4) is 0 Å². The molecular weight excluding hydrogens is 376 g/mol. The molecule has 0 saturated carbocycles. The summed E-state index contributed by atoms with van der Waals surface area (Å²) in [5, 5.41) is 0. The summed E-state index contributed by atoms with van der Waals surface area (Å²) in [5.74, 6) is 3.85. The first-order chi connectivity index (χ1) is 14.6. The number of aryl methyl sites for hydroxylation is 2. The van der Waals surface area contributed by atoms with Crippen LogP contribution in [0.15, 0.2) is 6.33 Å². The van der Waals surface area contributed by atoms with Gasteiger partial charge in [-0.05, 0) is 43.9 Å². The number of aromatic nitrogens is 4. The van der Waals surface area contributed by atoms with Gasteiger partial charge in [0.2, 0.25) is 5.91 Å². The zero-order valence-electron chi connectivity index (χ0n) is 18.4. The summed E-state index contributed by atoms with van der Waals surface area (Å²) in [6.45, 7) is 9.13.